The maximum Gasteiger partial charge on any atom is 0.333 e. The second kappa shape index (κ2) is 4.82. The van der Waals surface area contributed by atoms with Crippen molar-refractivity contribution in [3.05, 3.63) is 12.2 Å². The molecule has 0 unspecified atom stereocenters. The Labute approximate surface area is 92.7 Å². The van der Waals surface area contributed by atoms with Gasteiger partial charge in [-0.05, 0) is 39.5 Å². The first-order chi connectivity index (χ1) is 6.93. The lowest BCUT2D eigenvalue weighted by Crippen LogP contribution is -2.38. The number of hydrogen-bond donors (Lipinski definition) is 0. The number of ether oxygens (including phenoxy) is 1. The fraction of sp³-hybridized carbons (Fsp3) is 0.769. The van der Waals surface area contributed by atoms with Crippen LogP contribution in [-0.2, 0) is 9.53 Å². The molecule has 86 valence electrons. The van der Waals surface area contributed by atoms with Gasteiger partial charge in [0, 0.05) is 5.57 Å². The summed E-state index contributed by atoms with van der Waals surface area (Å²) in [5, 5.41) is 0. The normalized spacial score (nSPS) is 18.6. The third-order valence-corrected chi connectivity index (χ3v) is 3.29. The van der Waals surface area contributed by atoms with E-state index in [1.807, 2.05) is 13.8 Å². The molecule has 15 heavy (non-hydrogen) atoms. The first-order valence-corrected chi connectivity index (χ1v) is 5.82. The Bertz CT molecular complexity index is 247. The van der Waals surface area contributed by atoms with E-state index in [9.17, 15) is 4.79 Å². The standard InChI is InChI=1S/C13H22O2/c1-10(2)12(14)15-13(3,4)11-8-6-5-7-9-11/h11H,1,5-9H2,2-4H3. The van der Waals surface area contributed by atoms with Gasteiger partial charge in [0.25, 0.3) is 0 Å². The van der Waals surface area contributed by atoms with Gasteiger partial charge in [0.2, 0.25) is 0 Å². The molecule has 0 heterocycles. The zero-order valence-corrected chi connectivity index (χ0v) is 10.1. The molecule has 0 aliphatic heterocycles. The van der Waals surface area contributed by atoms with Crippen LogP contribution in [0, 0.1) is 5.92 Å². The van der Waals surface area contributed by atoms with Gasteiger partial charge in [-0.1, -0.05) is 25.8 Å². The van der Waals surface area contributed by atoms with Gasteiger partial charge < -0.3 is 4.74 Å². The summed E-state index contributed by atoms with van der Waals surface area (Å²) in [4.78, 5) is 11.5. The highest BCUT2D eigenvalue weighted by Crippen LogP contribution is 2.35. The minimum absolute atomic E-state index is 0.259. The van der Waals surface area contributed by atoms with E-state index < -0.39 is 0 Å². The topological polar surface area (TPSA) is 26.3 Å². The quantitative estimate of drug-likeness (QED) is 0.526. The maximum absolute atomic E-state index is 11.5. The van der Waals surface area contributed by atoms with Crippen molar-refractivity contribution in [2.75, 3.05) is 0 Å². The molecule has 0 saturated heterocycles. The van der Waals surface area contributed by atoms with Crippen molar-refractivity contribution in [1.29, 1.82) is 0 Å². The van der Waals surface area contributed by atoms with Crippen molar-refractivity contribution in [2.24, 2.45) is 5.92 Å². The highest BCUT2D eigenvalue weighted by Gasteiger charge is 2.34. The number of hydrogen-bond acceptors (Lipinski definition) is 2. The average Bonchev–Trinajstić information content (AvgIpc) is 2.18. The van der Waals surface area contributed by atoms with Gasteiger partial charge >= 0.3 is 5.97 Å². The molecule has 0 bridgehead atoms. The molecule has 0 aromatic rings. The summed E-state index contributed by atoms with van der Waals surface area (Å²) >= 11 is 0. The van der Waals surface area contributed by atoms with Crippen LogP contribution in [0.3, 0.4) is 0 Å². The van der Waals surface area contributed by atoms with Crippen molar-refractivity contribution in [2.45, 2.75) is 58.5 Å². The molecular formula is C13H22O2. The molecule has 2 heteroatoms. The lowest BCUT2D eigenvalue weighted by Gasteiger charge is -2.36. The molecular weight excluding hydrogens is 188 g/mol. The first-order valence-electron chi connectivity index (χ1n) is 5.82. The van der Waals surface area contributed by atoms with E-state index in [1.165, 1.54) is 32.1 Å². The van der Waals surface area contributed by atoms with Crippen LogP contribution in [0.2, 0.25) is 0 Å². The molecule has 2 nitrogen and oxygen atoms in total. The van der Waals surface area contributed by atoms with E-state index in [2.05, 4.69) is 6.58 Å². The summed E-state index contributed by atoms with van der Waals surface area (Å²) in [5.41, 5.74) is 0.148. The summed E-state index contributed by atoms with van der Waals surface area (Å²) in [5.74, 6) is 0.250. The van der Waals surface area contributed by atoms with Crippen molar-refractivity contribution in [3.8, 4) is 0 Å². The smallest absolute Gasteiger partial charge is 0.333 e. The molecule has 0 spiro atoms. The Balaban J connectivity index is 2.56. The molecule has 0 amide bonds. The van der Waals surface area contributed by atoms with Crippen LogP contribution in [0.25, 0.3) is 0 Å². The number of esters is 1. The van der Waals surface area contributed by atoms with Crippen LogP contribution >= 0.6 is 0 Å². The van der Waals surface area contributed by atoms with E-state index >= 15 is 0 Å². The number of rotatable bonds is 3. The molecule has 0 aromatic carbocycles. The SMILES string of the molecule is C=C(C)C(=O)OC(C)(C)C1CCCCC1. The van der Waals surface area contributed by atoms with Crippen LogP contribution in [-0.4, -0.2) is 11.6 Å². The second-order valence-electron chi connectivity index (χ2n) is 5.11. The van der Waals surface area contributed by atoms with Crippen molar-refractivity contribution < 1.29 is 9.53 Å². The molecule has 0 N–H and O–H groups in total. The summed E-state index contributed by atoms with van der Waals surface area (Å²) in [7, 11) is 0. The van der Waals surface area contributed by atoms with Crippen LogP contribution in [0.1, 0.15) is 52.9 Å². The lowest BCUT2D eigenvalue weighted by molar-refractivity contribution is -0.157. The summed E-state index contributed by atoms with van der Waals surface area (Å²) < 4.78 is 5.50. The molecule has 1 saturated carbocycles. The molecule has 1 aliphatic rings. The summed E-state index contributed by atoms with van der Waals surface area (Å²) in [6.45, 7) is 9.34. The lowest BCUT2D eigenvalue weighted by atomic mass is 9.79. The summed E-state index contributed by atoms with van der Waals surface area (Å²) in [6, 6.07) is 0. The van der Waals surface area contributed by atoms with Crippen LogP contribution in [0.4, 0.5) is 0 Å². The Morgan fingerprint density at radius 3 is 2.27 bits per heavy atom. The Kier molecular flexibility index (Phi) is 3.95. The fourth-order valence-corrected chi connectivity index (χ4v) is 2.21. The molecule has 1 rings (SSSR count). The molecule has 0 aromatic heterocycles. The van der Waals surface area contributed by atoms with Crippen LogP contribution < -0.4 is 0 Å². The van der Waals surface area contributed by atoms with Gasteiger partial charge in [0.05, 0.1) is 0 Å². The molecule has 0 atom stereocenters. The first kappa shape index (κ1) is 12.3. The van der Waals surface area contributed by atoms with E-state index in [4.69, 9.17) is 4.74 Å². The summed E-state index contributed by atoms with van der Waals surface area (Å²) in [6.07, 6.45) is 6.20. The van der Waals surface area contributed by atoms with Gasteiger partial charge in [-0.2, -0.15) is 0 Å². The van der Waals surface area contributed by atoms with Gasteiger partial charge in [-0.25, -0.2) is 4.79 Å². The van der Waals surface area contributed by atoms with Crippen molar-refractivity contribution in [3.63, 3.8) is 0 Å². The molecule has 0 radical (unpaired) electrons. The predicted molar refractivity (Wildman–Crippen MR) is 61.6 cm³/mol. The number of carbonyl (C=O) groups excluding carboxylic acids is 1. The van der Waals surface area contributed by atoms with E-state index in [1.54, 1.807) is 6.92 Å². The van der Waals surface area contributed by atoms with Crippen molar-refractivity contribution >= 4 is 5.97 Å². The minimum atomic E-state index is -0.337. The van der Waals surface area contributed by atoms with E-state index in [0.717, 1.165) is 0 Å². The predicted octanol–water partition coefficient (Wildman–Crippen LogP) is 3.46. The Morgan fingerprint density at radius 1 is 1.27 bits per heavy atom. The van der Waals surface area contributed by atoms with Gasteiger partial charge in [0.1, 0.15) is 5.60 Å². The van der Waals surface area contributed by atoms with Gasteiger partial charge in [-0.3, -0.25) is 0 Å². The van der Waals surface area contributed by atoms with Gasteiger partial charge in [-0.15, -0.1) is 0 Å². The number of carbonyl (C=O) groups is 1. The third kappa shape index (κ3) is 3.37. The molecule has 1 fully saturated rings. The highest BCUT2D eigenvalue weighted by molar-refractivity contribution is 5.87. The van der Waals surface area contributed by atoms with Gasteiger partial charge in [0.15, 0.2) is 0 Å². The zero-order chi connectivity index (χ0) is 11.5. The third-order valence-electron chi connectivity index (χ3n) is 3.29. The maximum atomic E-state index is 11.5. The highest BCUT2D eigenvalue weighted by atomic mass is 16.6. The van der Waals surface area contributed by atoms with Crippen LogP contribution in [0.15, 0.2) is 12.2 Å². The average molecular weight is 210 g/mol. The van der Waals surface area contributed by atoms with E-state index in [-0.39, 0.29) is 11.6 Å². The Hall–Kier alpha value is -0.790. The largest absolute Gasteiger partial charge is 0.456 e. The van der Waals surface area contributed by atoms with Crippen LogP contribution in [0.5, 0.6) is 0 Å². The second-order valence-corrected chi connectivity index (χ2v) is 5.11. The monoisotopic (exact) mass is 210 g/mol. The van der Waals surface area contributed by atoms with Crippen molar-refractivity contribution in [1.82, 2.24) is 0 Å². The van der Waals surface area contributed by atoms with E-state index in [0.29, 0.717) is 11.5 Å². The molecule has 1 aliphatic carbocycles. The fourth-order valence-electron chi connectivity index (χ4n) is 2.21. The minimum Gasteiger partial charge on any atom is -0.456 e. The Morgan fingerprint density at radius 2 is 1.80 bits per heavy atom. The zero-order valence-electron chi connectivity index (χ0n) is 10.1.